The fourth-order valence-electron chi connectivity index (χ4n) is 3.49. The van der Waals surface area contributed by atoms with Gasteiger partial charge < -0.3 is 10.6 Å². The van der Waals surface area contributed by atoms with Gasteiger partial charge >= 0.3 is 0 Å². The normalized spacial score (nSPS) is 14.4. The average Bonchev–Trinajstić information content (AvgIpc) is 3.18. The van der Waals surface area contributed by atoms with Gasteiger partial charge in [-0.2, -0.15) is 5.26 Å². The van der Waals surface area contributed by atoms with Crippen LogP contribution in [0.1, 0.15) is 40.0 Å². The SMILES string of the molecule is C[C@H](NC(=O)/C(C#N)=C1\N=C(NC(=O)c2ccccc2)c2ccccc21)c1ccccc1. The van der Waals surface area contributed by atoms with Crippen LogP contribution in [-0.2, 0) is 4.79 Å². The van der Waals surface area contributed by atoms with Gasteiger partial charge in [0.05, 0.1) is 11.7 Å². The first-order valence-electron chi connectivity index (χ1n) is 10.1. The molecule has 0 saturated carbocycles. The zero-order valence-corrected chi connectivity index (χ0v) is 17.4. The summed E-state index contributed by atoms with van der Waals surface area (Å²) in [4.78, 5) is 30.1. The van der Waals surface area contributed by atoms with Gasteiger partial charge in [0.15, 0.2) is 0 Å². The van der Waals surface area contributed by atoms with E-state index in [0.717, 1.165) is 5.56 Å². The molecule has 6 nitrogen and oxygen atoms in total. The summed E-state index contributed by atoms with van der Waals surface area (Å²) in [7, 11) is 0. The molecule has 1 heterocycles. The Morgan fingerprint density at radius 3 is 2.12 bits per heavy atom. The molecular weight excluding hydrogens is 400 g/mol. The molecule has 32 heavy (non-hydrogen) atoms. The first-order valence-corrected chi connectivity index (χ1v) is 10.1. The van der Waals surface area contributed by atoms with Crippen LogP contribution in [0.25, 0.3) is 5.70 Å². The van der Waals surface area contributed by atoms with Gasteiger partial charge in [-0.25, -0.2) is 4.99 Å². The van der Waals surface area contributed by atoms with Crippen molar-refractivity contribution in [1.82, 2.24) is 10.6 Å². The van der Waals surface area contributed by atoms with Crippen LogP contribution in [0, 0.1) is 11.3 Å². The Labute approximate surface area is 185 Å². The molecule has 0 bridgehead atoms. The molecule has 2 amide bonds. The zero-order chi connectivity index (χ0) is 22.5. The van der Waals surface area contributed by atoms with Crippen molar-refractivity contribution in [2.24, 2.45) is 4.99 Å². The molecule has 4 rings (SSSR count). The predicted molar refractivity (Wildman–Crippen MR) is 122 cm³/mol. The van der Waals surface area contributed by atoms with Gasteiger partial charge in [0.1, 0.15) is 17.5 Å². The molecule has 0 unspecified atom stereocenters. The van der Waals surface area contributed by atoms with E-state index in [1.54, 1.807) is 42.5 Å². The smallest absolute Gasteiger partial charge is 0.264 e. The third-order valence-corrected chi connectivity index (χ3v) is 5.15. The molecule has 6 heteroatoms. The number of rotatable bonds is 4. The Hall–Kier alpha value is -4.50. The number of aliphatic imine (C=N–C) groups is 1. The van der Waals surface area contributed by atoms with Crippen LogP contribution in [0.15, 0.2) is 95.5 Å². The number of nitrogens with zero attached hydrogens (tertiary/aromatic N) is 2. The number of carbonyl (C=O) groups excluding carboxylic acids is 2. The molecule has 0 saturated heterocycles. The van der Waals surface area contributed by atoms with Crippen molar-refractivity contribution in [2.75, 3.05) is 0 Å². The molecule has 0 aliphatic carbocycles. The van der Waals surface area contributed by atoms with Gasteiger partial charge in [0.2, 0.25) is 0 Å². The van der Waals surface area contributed by atoms with E-state index >= 15 is 0 Å². The molecule has 0 spiro atoms. The minimum absolute atomic E-state index is 0.107. The third kappa shape index (κ3) is 4.18. The number of amides is 2. The number of amidine groups is 1. The Bertz CT molecular complexity index is 1270. The molecule has 2 N–H and O–H groups in total. The number of carbonyl (C=O) groups is 2. The van der Waals surface area contributed by atoms with Crippen LogP contribution in [0.3, 0.4) is 0 Å². The maximum Gasteiger partial charge on any atom is 0.264 e. The van der Waals surface area contributed by atoms with Crippen molar-refractivity contribution in [3.63, 3.8) is 0 Å². The number of hydrogen-bond acceptors (Lipinski definition) is 4. The second-order valence-electron chi connectivity index (χ2n) is 7.27. The minimum Gasteiger partial charge on any atom is -0.345 e. The van der Waals surface area contributed by atoms with E-state index in [1.807, 2.05) is 55.5 Å². The van der Waals surface area contributed by atoms with Crippen molar-refractivity contribution < 1.29 is 9.59 Å². The second-order valence-corrected chi connectivity index (χ2v) is 7.27. The van der Waals surface area contributed by atoms with Gasteiger partial charge in [-0.1, -0.05) is 72.8 Å². The lowest BCUT2D eigenvalue weighted by Gasteiger charge is -2.14. The van der Waals surface area contributed by atoms with E-state index in [2.05, 4.69) is 15.6 Å². The zero-order valence-electron chi connectivity index (χ0n) is 17.4. The number of hydrogen-bond donors (Lipinski definition) is 2. The van der Waals surface area contributed by atoms with Crippen molar-refractivity contribution >= 4 is 23.3 Å². The van der Waals surface area contributed by atoms with E-state index in [4.69, 9.17) is 0 Å². The Balaban J connectivity index is 1.66. The molecule has 0 radical (unpaired) electrons. The molecule has 3 aromatic rings. The van der Waals surface area contributed by atoms with Crippen molar-refractivity contribution in [3.05, 3.63) is 113 Å². The van der Waals surface area contributed by atoms with Crippen LogP contribution in [0.2, 0.25) is 0 Å². The maximum atomic E-state index is 13.0. The third-order valence-electron chi connectivity index (χ3n) is 5.15. The highest BCUT2D eigenvalue weighted by molar-refractivity contribution is 6.20. The molecular formula is C26H20N4O2. The van der Waals surface area contributed by atoms with E-state index < -0.39 is 5.91 Å². The quantitative estimate of drug-likeness (QED) is 0.494. The van der Waals surface area contributed by atoms with Crippen LogP contribution in [0.5, 0.6) is 0 Å². The van der Waals surface area contributed by atoms with Gasteiger partial charge in [0, 0.05) is 16.7 Å². The summed E-state index contributed by atoms with van der Waals surface area (Å²) in [6.07, 6.45) is 0. The molecule has 3 aromatic carbocycles. The van der Waals surface area contributed by atoms with Gasteiger partial charge in [-0.15, -0.1) is 0 Å². The summed E-state index contributed by atoms with van der Waals surface area (Å²) in [5, 5.41) is 15.4. The molecule has 156 valence electrons. The number of benzene rings is 3. The first-order chi connectivity index (χ1) is 15.6. The average molecular weight is 420 g/mol. The number of nitriles is 1. The van der Waals surface area contributed by atoms with Crippen LogP contribution in [0.4, 0.5) is 0 Å². The summed E-state index contributed by atoms with van der Waals surface area (Å²) in [6.45, 7) is 1.85. The number of nitrogens with one attached hydrogen (secondary N) is 2. The lowest BCUT2D eigenvalue weighted by molar-refractivity contribution is -0.117. The Kier molecular flexibility index (Phi) is 5.91. The van der Waals surface area contributed by atoms with Gasteiger partial charge in [-0.05, 0) is 24.6 Å². The molecule has 1 atom stereocenters. The molecule has 1 aliphatic heterocycles. The van der Waals surface area contributed by atoms with Crippen molar-refractivity contribution in [3.8, 4) is 6.07 Å². The van der Waals surface area contributed by atoms with Crippen LogP contribution < -0.4 is 10.6 Å². The summed E-state index contributed by atoms with van der Waals surface area (Å²) >= 11 is 0. The van der Waals surface area contributed by atoms with Gasteiger partial charge in [0.25, 0.3) is 11.8 Å². The number of fused-ring (bicyclic) bond motifs is 1. The molecule has 0 aromatic heterocycles. The van der Waals surface area contributed by atoms with Crippen molar-refractivity contribution in [1.29, 1.82) is 5.26 Å². The monoisotopic (exact) mass is 420 g/mol. The van der Waals surface area contributed by atoms with E-state index in [0.29, 0.717) is 22.5 Å². The van der Waals surface area contributed by atoms with E-state index in [9.17, 15) is 14.9 Å². The van der Waals surface area contributed by atoms with Crippen molar-refractivity contribution in [2.45, 2.75) is 13.0 Å². The highest BCUT2D eigenvalue weighted by Gasteiger charge is 2.27. The van der Waals surface area contributed by atoms with Crippen LogP contribution in [-0.4, -0.2) is 17.6 Å². The Morgan fingerprint density at radius 1 is 0.875 bits per heavy atom. The Morgan fingerprint density at radius 2 is 1.47 bits per heavy atom. The van der Waals surface area contributed by atoms with Gasteiger partial charge in [-0.3, -0.25) is 9.59 Å². The highest BCUT2D eigenvalue weighted by Crippen LogP contribution is 2.31. The summed E-state index contributed by atoms with van der Waals surface area (Å²) in [6, 6.07) is 27.2. The highest BCUT2D eigenvalue weighted by atomic mass is 16.2. The summed E-state index contributed by atoms with van der Waals surface area (Å²) < 4.78 is 0. The maximum absolute atomic E-state index is 13.0. The van der Waals surface area contributed by atoms with E-state index in [1.165, 1.54) is 0 Å². The fraction of sp³-hybridized carbons (Fsp3) is 0.0769. The molecule has 1 aliphatic rings. The van der Waals surface area contributed by atoms with Crippen LogP contribution >= 0.6 is 0 Å². The second kappa shape index (κ2) is 9.11. The molecule has 0 fully saturated rings. The summed E-state index contributed by atoms with van der Waals surface area (Å²) in [5.41, 5.74) is 2.82. The minimum atomic E-state index is -0.520. The topological polar surface area (TPSA) is 94.3 Å². The standard InChI is InChI=1S/C26H20N4O2/c1-17(18-10-4-2-5-11-18)28-26(32)22(16-27)23-20-14-8-9-15-21(20)24(29-23)30-25(31)19-12-6-3-7-13-19/h2-15,17H,1H3,(H,28,32)(H,29,30,31)/b23-22-/t17-/m0/s1. The fourth-order valence-corrected chi connectivity index (χ4v) is 3.49. The first kappa shape index (κ1) is 20.8. The lowest BCUT2D eigenvalue weighted by atomic mass is 10.0. The predicted octanol–water partition coefficient (Wildman–Crippen LogP) is 3.99. The summed E-state index contributed by atoms with van der Waals surface area (Å²) in [5.74, 6) is -0.532. The largest absolute Gasteiger partial charge is 0.345 e. The lowest BCUT2D eigenvalue weighted by Crippen LogP contribution is -2.30. The van der Waals surface area contributed by atoms with E-state index in [-0.39, 0.29) is 23.2 Å².